The molecule has 23 heavy (non-hydrogen) atoms. The highest BCUT2D eigenvalue weighted by Crippen LogP contribution is 2.31. The molecule has 0 spiro atoms. The minimum absolute atomic E-state index is 0. The highest BCUT2D eigenvalue weighted by atomic mass is 127. The van der Waals surface area contributed by atoms with Gasteiger partial charge in [0.2, 0.25) is 5.89 Å². The first kappa shape index (κ1) is 17.5. The number of aromatic nitrogens is 2. The van der Waals surface area contributed by atoms with Gasteiger partial charge in [-0.3, -0.25) is 4.99 Å². The van der Waals surface area contributed by atoms with Crippen LogP contribution in [0.5, 0.6) is 5.75 Å². The Kier molecular flexibility index (Phi) is 6.20. The van der Waals surface area contributed by atoms with Gasteiger partial charge in [0.15, 0.2) is 11.8 Å². The molecule has 3 rings (SSSR count). The number of benzene rings is 1. The van der Waals surface area contributed by atoms with E-state index >= 15 is 0 Å². The van der Waals surface area contributed by atoms with E-state index in [4.69, 9.17) is 9.26 Å². The molecule has 0 radical (unpaired) electrons. The van der Waals surface area contributed by atoms with Gasteiger partial charge in [-0.1, -0.05) is 23.4 Å². The van der Waals surface area contributed by atoms with E-state index in [2.05, 4.69) is 31.8 Å². The average molecular weight is 429 g/mol. The molecule has 7 nitrogen and oxygen atoms in total. The Morgan fingerprint density at radius 2 is 2.22 bits per heavy atom. The number of rotatable bonds is 3. The molecule has 1 aromatic heterocycles. The highest BCUT2D eigenvalue weighted by molar-refractivity contribution is 14.0. The lowest BCUT2D eigenvalue weighted by molar-refractivity contribution is 0.261. The van der Waals surface area contributed by atoms with E-state index in [9.17, 15) is 0 Å². The van der Waals surface area contributed by atoms with Crippen molar-refractivity contribution in [3.8, 4) is 5.75 Å². The molecule has 0 bridgehead atoms. The molecule has 0 saturated heterocycles. The Morgan fingerprint density at radius 1 is 1.39 bits per heavy atom. The number of hydrogen-bond donors (Lipinski definition) is 2. The Morgan fingerprint density at radius 3 is 2.96 bits per heavy atom. The van der Waals surface area contributed by atoms with E-state index < -0.39 is 0 Å². The Hall–Kier alpha value is -1.84. The van der Waals surface area contributed by atoms with Gasteiger partial charge in [0.05, 0.1) is 19.2 Å². The van der Waals surface area contributed by atoms with Gasteiger partial charge in [0, 0.05) is 26.0 Å². The fourth-order valence-corrected chi connectivity index (χ4v) is 2.43. The average Bonchev–Trinajstić information content (AvgIpc) is 2.97. The summed E-state index contributed by atoms with van der Waals surface area (Å²) in [4.78, 5) is 8.40. The van der Waals surface area contributed by atoms with Crippen molar-refractivity contribution in [3.63, 3.8) is 0 Å². The number of fused-ring (bicyclic) bond motifs is 1. The number of nitrogens with one attached hydrogen (secondary N) is 2. The van der Waals surface area contributed by atoms with Crippen LogP contribution < -0.4 is 15.4 Å². The summed E-state index contributed by atoms with van der Waals surface area (Å²) in [6.45, 7) is 2.92. The van der Waals surface area contributed by atoms with Gasteiger partial charge >= 0.3 is 0 Å². The number of ether oxygens (including phenoxy) is 1. The molecule has 1 unspecified atom stereocenters. The maximum absolute atomic E-state index is 5.67. The number of nitrogens with zero attached hydrogens (tertiary/aromatic N) is 3. The lowest BCUT2D eigenvalue weighted by Crippen LogP contribution is -2.40. The van der Waals surface area contributed by atoms with E-state index in [-0.39, 0.29) is 30.0 Å². The maximum atomic E-state index is 5.67. The molecule has 1 aliphatic heterocycles. The summed E-state index contributed by atoms with van der Waals surface area (Å²) in [6.07, 6.45) is 0.888. The van der Waals surface area contributed by atoms with Crippen LogP contribution in [0.3, 0.4) is 0 Å². The minimum Gasteiger partial charge on any atom is -0.493 e. The van der Waals surface area contributed by atoms with Crippen molar-refractivity contribution in [1.29, 1.82) is 0 Å². The van der Waals surface area contributed by atoms with Crippen LogP contribution in [0.15, 0.2) is 33.8 Å². The lowest BCUT2D eigenvalue weighted by atomic mass is 10.0. The van der Waals surface area contributed by atoms with Gasteiger partial charge in [-0.25, -0.2) is 0 Å². The molecular weight excluding hydrogens is 409 g/mol. The van der Waals surface area contributed by atoms with Crippen LogP contribution in [0.4, 0.5) is 0 Å². The van der Waals surface area contributed by atoms with E-state index in [1.165, 1.54) is 0 Å². The third kappa shape index (κ3) is 4.34. The van der Waals surface area contributed by atoms with Gasteiger partial charge in [-0.05, 0) is 6.07 Å². The summed E-state index contributed by atoms with van der Waals surface area (Å²) in [5.74, 6) is 2.78. The summed E-state index contributed by atoms with van der Waals surface area (Å²) in [6, 6.07) is 8.22. The molecule has 0 saturated carbocycles. The summed E-state index contributed by atoms with van der Waals surface area (Å²) >= 11 is 0. The van der Waals surface area contributed by atoms with Crippen LogP contribution >= 0.6 is 24.0 Å². The summed E-state index contributed by atoms with van der Waals surface area (Å²) in [5, 5.41) is 10.5. The van der Waals surface area contributed by atoms with E-state index in [1.807, 2.05) is 18.2 Å². The van der Waals surface area contributed by atoms with E-state index in [1.54, 1.807) is 14.0 Å². The van der Waals surface area contributed by atoms with Gasteiger partial charge in [-0.15, -0.1) is 24.0 Å². The third-order valence-corrected chi connectivity index (χ3v) is 3.48. The molecule has 2 N–H and O–H groups in total. The maximum Gasteiger partial charge on any atom is 0.223 e. The van der Waals surface area contributed by atoms with Crippen molar-refractivity contribution in [2.75, 3.05) is 13.7 Å². The lowest BCUT2D eigenvalue weighted by Gasteiger charge is -2.27. The zero-order chi connectivity index (χ0) is 15.4. The first-order valence-electron chi connectivity index (χ1n) is 7.24. The fourth-order valence-electron chi connectivity index (χ4n) is 2.43. The molecule has 124 valence electrons. The molecule has 0 aliphatic carbocycles. The fraction of sp³-hybridized carbons (Fsp3) is 0.400. The SMILES string of the molecule is CN=C(NCc1noc(C)n1)NC1CCOc2ccccc21.I. The zero-order valence-corrected chi connectivity index (χ0v) is 15.4. The molecule has 0 amide bonds. The van der Waals surface area contributed by atoms with E-state index in [0.717, 1.165) is 17.7 Å². The van der Waals surface area contributed by atoms with E-state index in [0.29, 0.717) is 30.8 Å². The Bertz CT molecular complexity index is 673. The standard InChI is InChI=1S/C15H19N5O2.HI/c1-10-18-14(20-22-10)9-17-15(16-2)19-12-7-8-21-13-6-4-3-5-11(12)13;/h3-6,12H,7-9H2,1-2H3,(H2,16,17,19);1H. The molecule has 1 aromatic carbocycles. The zero-order valence-electron chi connectivity index (χ0n) is 13.1. The highest BCUT2D eigenvalue weighted by Gasteiger charge is 2.21. The van der Waals surface area contributed by atoms with Gasteiger partial charge in [0.1, 0.15) is 5.75 Å². The Balaban J connectivity index is 0.00000192. The first-order valence-corrected chi connectivity index (χ1v) is 7.24. The van der Waals surface area contributed by atoms with Crippen LogP contribution in [-0.4, -0.2) is 29.8 Å². The van der Waals surface area contributed by atoms with Crippen LogP contribution in [0.25, 0.3) is 0 Å². The van der Waals surface area contributed by atoms with Crippen molar-refractivity contribution in [3.05, 3.63) is 41.5 Å². The second-order valence-corrected chi connectivity index (χ2v) is 5.03. The molecule has 0 fully saturated rings. The summed E-state index contributed by atoms with van der Waals surface area (Å²) in [7, 11) is 1.74. The minimum atomic E-state index is 0. The number of guanidine groups is 1. The second-order valence-electron chi connectivity index (χ2n) is 5.03. The monoisotopic (exact) mass is 429 g/mol. The molecule has 2 aromatic rings. The smallest absolute Gasteiger partial charge is 0.223 e. The van der Waals surface area contributed by atoms with Gasteiger partial charge in [-0.2, -0.15) is 4.98 Å². The molecular formula is C15H20IN5O2. The largest absolute Gasteiger partial charge is 0.493 e. The quantitative estimate of drug-likeness (QED) is 0.442. The van der Waals surface area contributed by atoms with Crippen LogP contribution in [-0.2, 0) is 6.54 Å². The molecule has 2 heterocycles. The van der Waals surface area contributed by atoms with Crippen LogP contribution in [0, 0.1) is 6.92 Å². The van der Waals surface area contributed by atoms with Crippen molar-refractivity contribution in [2.45, 2.75) is 25.9 Å². The van der Waals surface area contributed by atoms with Crippen molar-refractivity contribution < 1.29 is 9.26 Å². The molecule has 1 atom stereocenters. The predicted molar refractivity (Wildman–Crippen MR) is 97.1 cm³/mol. The molecule has 1 aliphatic rings. The number of aliphatic imine (C=N–C) groups is 1. The predicted octanol–water partition coefficient (Wildman–Crippen LogP) is 2.18. The normalized spacial score (nSPS) is 16.8. The van der Waals surface area contributed by atoms with Crippen LogP contribution in [0.2, 0.25) is 0 Å². The van der Waals surface area contributed by atoms with Crippen molar-refractivity contribution in [2.24, 2.45) is 4.99 Å². The summed E-state index contributed by atoms with van der Waals surface area (Å²) < 4.78 is 10.6. The molecule has 8 heteroatoms. The van der Waals surface area contributed by atoms with Crippen molar-refractivity contribution in [1.82, 2.24) is 20.8 Å². The van der Waals surface area contributed by atoms with Gasteiger partial charge < -0.3 is 19.9 Å². The topological polar surface area (TPSA) is 84.6 Å². The summed E-state index contributed by atoms with van der Waals surface area (Å²) in [5.41, 5.74) is 1.15. The number of para-hydroxylation sites is 1. The number of halogens is 1. The first-order chi connectivity index (χ1) is 10.8. The number of hydrogen-bond acceptors (Lipinski definition) is 5. The van der Waals surface area contributed by atoms with Crippen molar-refractivity contribution >= 4 is 29.9 Å². The second kappa shape index (κ2) is 8.14. The van der Waals surface area contributed by atoms with Gasteiger partial charge in [0.25, 0.3) is 0 Å². The number of aryl methyl sites for hydroxylation is 1. The Labute approximate surface area is 151 Å². The third-order valence-electron chi connectivity index (χ3n) is 3.48. The van der Waals surface area contributed by atoms with Crippen LogP contribution in [0.1, 0.15) is 29.7 Å².